The topological polar surface area (TPSA) is 87.0 Å². The van der Waals surface area contributed by atoms with Gasteiger partial charge in [0.15, 0.2) is 0 Å². The molecule has 0 aliphatic carbocycles. The van der Waals surface area contributed by atoms with Crippen molar-refractivity contribution < 1.29 is 9.53 Å². The molecular formula is C15H19N3O3. The van der Waals surface area contributed by atoms with E-state index in [1.54, 1.807) is 18.2 Å². The molecule has 1 atom stereocenters. The number of aromatic amines is 2. The minimum atomic E-state index is -0.308. The Morgan fingerprint density at radius 2 is 2.19 bits per heavy atom. The van der Waals surface area contributed by atoms with Gasteiger partial charge in [-0.05, 0) is 38.8 Å². The van der Waals surface area contributed by atoms with E-state index < -0.39 is 0 Å². The second-order valence-electron chi connectivity index (χ2n) is 6.08. The zero-order valence-corrected chi connectivity index (χ0v) is 12.2. The third-order valence-corrected chi connectivity index (χ3v) is 3.83. The van der Waals surface area contributed by atoms with Gasteiger partial charge in [0.25, 0.3) is 5.91 Å². The monoisotopic (exact) mass is 289 g/mol. The fourth-order valence-electron chi connectivity index (χ4n) is 2.87. The predicted molar refractivity (Wildman–Crippen MR) is 79.4 cm³/mol. The number of hydrogen-bond acceptors (Lipinski definition) is 3. The van der Waals surface area contributed by atoms with E-state index in [1.165, 1.54) is 0 Å². The first-order chi connectivity index (χ1) is 9.94. The standard InChI is InChI=1S/C15H19N3O3/c1-15(2)8-9(6-7-21-15)16-13(19)10-4-3-5-11-12(10)18-14(20)17-11/h3-5,9H,6-8H2,1-2H3,(H,16,19)(H2,17,18,20)/t9-/m1/s1. The number of carbonyl (C=O) groups is 1. The molecule has 0 unspecified atom stereocenters. The van der Waals surface area contributed by atoms with E-state index in [1.807, 2.05) is 13.8 Å². The molecule has 1 aromatic carbocycles. The Kier molecular flexibility index (Phi) is 3.33. The van der Waals surface area contributed by atoms with Crippen LogP contribution in [0.4, 0.5) is 0 Å². The summed E-state index contributed by atoms with van der Waals surface area (Å²) in [5, 5.41) is 3.04. The molecule has 2 aromatic rings. The van der Waals surface area contributed by atoms with Crippen molar-refractivity contribution in [1.82, 2.24) is 15.3 Å². The molecule has 2 heterocycles. The van der Waals surface area contributed by atoms with E-state index in [0.717, 1.165) is 12.8 Å². The molecule has 1 fully saturated rings. The van der Waals surface area contributed by atoms with Crippen molar-refractivity contribution in [3.8, 4) is 0 Å². The number of ether oxygens (including phenoxy) is 1. The van der Waals surface area contributed by atoms with Crippen LogP contribution in [0.1, 0.15) is 37.0 Å². The van der Waals surface area contributed by atoms with Crippen LogP contribution in [0.3, 0.4) is 0 Å². The zero-order chi connectivity index (χ0) is 15.0. The number of benzene rings is 1. The summed E-state index contributed by atoms with van der Waals surface area (Å²) >= 11 is 0. The van der Waals surface area contributed by atoms with Gasteiger partial charge in [0.1, 0.15) is 0 Å². The molecular weight excluding hydrogens is 270 g/mol. The first-order valence-corrected chi connectivity index (χ1v) is 7.10. The normalized spacial score (nSPS) is 21.3. The van der Waals surface area contributed by atoms with Gasteiger partial charge in [-0.25, -0.2) is 4.79 Å². The lowest BCUT2D eigenvalue weighted by molar-refractivity contribution is -0.0615. The van der Waals surface area contributed by atoms with Crippen LogP contribution >= 0.6 is 0 Å². The number of nitrogens with one attached hydrogen (secondary N) is 3. The molecule has 0 spiro atoms. The van der Waals surface area contributed by atoms with Crippen LogP contribution in [-0.4, -0.2) is 34.1 Å². The summed E-state index contributed by atoms with van der Waals surface area (Å²) in [6.45, 7) is 4.69. The molecule has 1 aliphatic rings. The molecule has 112 valence electrons. The Balaban J connectivity index is 1.82. The van der Waals surface area contributed by atoms with Crippen LogP contribution in [0.2, 0.25) is 0 Å². The Bertz CT molecular complexity index is 729. The summed E-state index contributed by atoms with van der Waals surface area (Å²) in [5.41, 5.74) is 1.14. The van der Waals surface area contributed by atoms with Crippen molar-refractivity contribution in [2.45, 2.75) is 38.3 Å². The van der Waals surface area contributed by atoms with Crippen molar-refractivity contribution in [1.29, 1.82) is 0 Å². The Hall–Kier alpha value is -2.08. The molecule has 1 aliphatic heterocycles. The summed E-state index contributed by atoms with van der Waals surface area (Å²) in [6, 6.07) is 5.32. The minimum absolute atomic E-state index is 0.0853. The summed E-state index contributed by atoms with van der Waals surface area (Å²) in [4.78, 5) is 29.2. The molecule has 3 rings (SSSR count). The van der Waals surface area contributed by atoms with E-state index in [4.69, 9.17) is 4.74 Å². The Morgan fingerprint density at radius 3 is 2.95 bits per heavy atom. The van der Waals surface area contributed by atoms with Crippen LogP contribution in [0, 0.1) is 0 Å². The van der Waals surface area contributed by atoms with E-state index >= 15 is 0 Å². The molecule has 0 bridgehead atoms. The van der Waals surface area contributed by atoms with Crippen LogP contribution in [0.15, 0.2) is 23.0 Å². The maximum absolute atomic E-state index is 12.5. The maximum atomic E-state index is 12.5. The first-order valence-electron chi connectivity index (χ1n) is 7.10. The van der Waals surface area contributed by atoms with Gasteiger partial charge in [-0.2, -0.15) is 0 Å². The fraction of sp³-hybridized carbons (Fsp3) is 0.467. The number of aromatic nitrogens is 2. The lowest BCUT2D eigenvalue weighted by Gasteiger charge is -2.35. The average molecular weight is 289 g/mol. The molecule has 1 aromatic heterocycles. The second-order valence-corrected chi connectivity index (χ2v) is 6.08. The number of hydrogen-bond donors (Lipinski definition) is 3. The van der Waals surface area contributed by atoms with Gasteiger partial charge in [0.2, 0.25) is 0 Å². The van der Waals surface area contributed by atoms with Gasteiger partial charge in [-0.15, -0.1) is 0 Å². The zero-order valence-electron chi connectivity index (χ0n) is 12.2. The van der Waals surface area contributed by atoms with Crippen LogP contribution in [0.5, 0.6) is 0 Å². The molecule has 0 saturated carbocycles. The van der Waals surface area contributed by atoms with Crippen LogP contribution in [0.25, 0.3) is 11.0 Å². The van der Waals surface area contributed by atoms with Crippen molar-refractivity contribution in [2.75, 3.05) is 6.61 Å². The van der Waals surface area contributed by atoms with E-state index in [0.29, 0.717) is 23.2 Å². The van der Waals surface area contributed by atoms with E-state index in [-0.39, 0.29) is 23.2 Å². The quantitative estimate of drug-likeness (QED) is 0.783. The summed E-state index contributed by atoms with van der Waals surface area (Å²) < 4.78 is 5.65. The number of carbonyl (C=O) groups excluding carboxylic acids is 1. The summed E-state index contributed by atoms with van der Waals surface area (Å²) in [6.07, 6.45) is 1.58. The lowest BCUT2D eigenvalue weighted by Crippen LogP contribution is -2.45. The highest BCUT2D eigenvalue weighted by atomic mass is 16.5. The summed E-state index contributed by atoms with van der Waals surface area (Å²) in [7, 11) is 0. The van der Waals surface area contributed by atoms with Crippen LogP contribution in [-0.2, 0) is 4.74 Å². The highest BCUT2D eigenvalue weighted by Crippen LogP contribution is 2.24. The molecule has 6 nitrogen and oxygen atoms in total. The van der Waals surface area contributed by atoms with E-state index in [2.05, 4.69) is 15.3 Å². The van der Waals surface area contributed by atoms with Gasteiger partial charge in [-0.3, -0.25) is 4.79 Å². The Labute approximate surface area is 121 Å². The van der Waals surface area contributed by atoms with Gasteiger partial charge >= 0.3 is 5.69 Å². The largest absolute Gasteiger partial charge is 0.375 e. The molecule has 6 heteroatoms. The SMILES string of the molecule is CC1(C)C[C@H](NC(=O)c2cccc3[nH]c(=O)[nH]c23)CCO1. The van der Waals surface area contributed by atoms with E-state index in [9.17, 15) is 9.59 Å². The van der Waals surface area contributed by atoms with Crippen molar-refractivity contribution in [3.63, 3.8) is 0 Å². The predicted octanol–water partition coefficient (Wildman–Crippen LogP) is 1.54. The number of amides is 1. The van der Waals surface area contributed by atoms with Gasteiger partial charge in [0.05, 0.1) is 22.2 Å². The smallest absolute Gasteiger partial charge is 0.323 e. The van der Waals surface area contributed by atoms with Crippen molar-refractivity contribution in [2.24, 2.45) is 0 Å². The third kappa shape index (κ3) is 2.85. The van der Waals surface area contributed by atoms with Gasteiger partial charge < -0.3 is 20.0 Å². The number of H-pyrrole nitrogens is 2. The number of para-hydroxylation sites is 1. The number of rotatable bonds is 2. The fourth-order valence-corrected chi connectivity index (χ4v) is 2.87. The Morgan fingerprint density at radius 1 is 1.38 bits per heavy atom. The van der Waals surface area contributed by atoms with Gasteiger partial charge in [0, 0.05) is 12.6 Å². The molecule has 21 heavy (non-hydrogen) atoms. The maximum Gasteiger partial charge on any atom is 0.323 e. The third-order valence-electron chi connectivity index (χ3n) is 3.83. The number of imidazole rings is 1. The minimum Gasteiger partial charge on any atom is -0.375 e. The van der Waals surface area contributed by atoms with Gasteiger partial charge in [-0.1, -0.05) is 6.07 Å². The second kappa shape index (κ2) is 5.04. The van der Waals surface area contributed by atoms with Crippen molar-refractivity contribution in [3.05, 3.63) is 34.2 Å². The highest BCUT2D eigenvalue weighted by Gasteiger charge is 2.30. The van der Waals surface area contributed by atoms with Crippen LogP contribution < -0.4 is 11.0 Å². The molecule has 1 amide bonds. The first kappa shape index (κ1) is 13.9. The highest BCUT2D eigenvalue weighted by molar-refractivity contribution is 6.04. The summed E-state index contributed by atoms with van der Waals surface area (Å²) in [5.74, 6) is -0.168. The molecule has 1 saturated heterocycles. The van der Waals surface area contributed by atoms with Crippen molar-refractivity contribution >= 4 is 16.9 Å². The average Bonchev–Trinajstić information content (AvgIpc) is 2.77. The molecule has 0 radical (unpaired) electrons. The lowest BCUT2D eigenvalue weighted by atomic mass is 9.93. The molecule has 3 N–H and O–H groups in total. The number of fused-ring (bicyclic) bond motifs is 1.